The highest BCUT2D eigenvalue weighted by Gasteiger charge is 2.07. The summed E-state index contributed by atoms with van der Waals surface area (Å²) in [6.07, 6.45) is 1.53. The minimum atomic E-state index is -0.177. The van der Waals surface area contributed by atoms with Crippen LogP contribution in [0.1, 0.15) is 10.4 Å². The second-order valence-electron chi connectivity index (χ2n) is 3.86. The molecule has 6 heteroatoms. The molecule has 0 spiro atoms. The van der Waals surface area contributed by atoms with Gasteiger partial charge in [0.2, 0.25) is 0 Å². The van der Waals surface area contributed by atoms with Crippen molar-refractivity contribution in [1.82, 2.24) is 9.97 Å². The molecule has 19 heavy (non-hydrogen) atoms. The topological polar surface area (TPSA) is 54.9 Å². The first kappa shape index (κ1) is 12.3. The molecule has 0 unspecified atom stereocenters. The van der Waals surface area contributed by atoms with Gasteiger partial charge < -0.3 is 5.32 Å². The number of carbonyl (C=O) groups excluding carboxylic acids is 1. The van der Waals surface area contributed by atoms with Gasteiger partial charge in [-0.25, -0.2) is 9.97 Å². The number of nitrogens with one attached hydrogen (secondary N) is 1. The zero-order valence-electron chi connectivity index (χ0n) is 9.63. The van der Waals surface area contributed by atoms with Gasteiger partial charge in [-0.05, 0) is 46.3 Å². The normalized spacial score (nSPS) is 10.6. The molecule has 4 nitrogen and oxygen atoms in total. The number of carbonyl (C=O) groups is 1. The predicted molar refractivity (Wildman–Crippen MR) is 79.5 cm³/mol. The molecule has 0 aliphatic heterocycles. The molecule has 0 radical (unpaired) electrons. The Bertz CT molecular complexity index is 739. The number of halogens is 1. The van der Waals surface area contributed by atoms with Crippen LogP contribution in [0.5, 0.6) is 0 Å². The van der Waals surface area contributed by atoms with Crippen LogP contribution in [0.4, 0.5) is 5.69 Å². The molecule has 0 saturated heterocycles. The molecule has 0 aliphatic rings. The lowest BCUT2D eigenvalue weighted by atomic mass is 10.2. The lowest BCUT2D eigenvalue weighted by molar-refractivity contribution is 0.102. The van der Waals surface area contributed by atoms with Crippen LogP contribution >= 0.6 is 27.3 Å². The summed E-state index contributed by atoms with van der Waals surface area (Å²) in [5, 5.41) is 2.84. The molecule has 0 aliphatic carbocycles. The SMILES string of the molecule is O=C(Nc1ccc2ncsc2c1)c1ccc(Br)nc1. The molecule has 1 aromatic carbocycles. The largest absolute Gasteiger partial charge is 0.322 e. The third kappa shape index (κ3) is 2.64. The molecule has 0 saturated carbocycles. The predicted octanol–water partition coefficient (Wildman–Crippen LogP) is 3.71. The molecule has 94 valence electrons. The Morgan fingerprint density at radius 1 is 1.21 bits per heavy atom. The summed E-state index contributed by atoms with van der Waals surface area (Å²) in [5.41, 5.74) is 4.00. The smallest absolute Gasteiger partial charge is 0.257 e. The first-order chi connectivity index (χ1) is 9.22. The average Bonchev–Trinajstić information content (AvgIpc) is 2.87. The van der Waals surface area contributed by atoms with Crippen LogP contribution in [0, 0.1) is 0 Å². The lowest BCUT2D eigenvalue weighted by Crippen LogP contribution is -2.11. The van der Waals surface area contributed by atoms with Gasteiger partial charge in [0.1, 0.15) is 4.60 Å². The van der Waals surface area contributed by atoms with Crippen LogP contribution in [0.25, 0.3) is 10.2 Å². The van der Waals surface area contributed by atoms with Crippen LogP contribution in [0.15, 0.2) is 46.6 Å². The van der Waals surface area contributed by atoms with E-state index in [0.717, 1.165) is 15.9 Å². The number of amides is 1. The number of nitrogens with zero attached hydrogens (tertiary/aromatic N) is 2. The van der Waals surface area contributed by atoms with Crippen molar-refractivity contribution < 1.29 is 4.79 Å². The first-order valence-electron chi connectivity index (χ1n) is 5.48. The molecule has 3 aromatic rings. The molecule has 2 heterocycles. The Labute approximate surface area is 121 Å². The van der Waals surface area contributed by atoms with E-state index < -0.39 is 0 Å². The van der Waals surface area contributed by atoms with Crippen molar-refractivity contribution in [2.75, 3.05) is 5.32 Å². The van der Waals surface area contributed by atoms with Crippen molar-refractivity contribution in [3.63, 3.8) is 0 Å². The molecule has 3 rings (SSSR count). The van der Waals surface area contributed by atoms with Crippen molar-refractivity contribution in [3.05, 3.63) is 52.2 Å². The van der Waals surface area contributed by atoms with E-state index in [2.05, 4.69) is 31.2 Å². The number of pyridine rings is 1. The molecule has 0 atom stereocenters. The zero-order chi connectivity index (χ0) is 13.2. The van der Waals surface area contributed by atoms with Gasteiger partial charge in [0, 0.05) is 11.9 Å². The Morgan fingerprint density at radius 3 is 2.89 bits per heavy atom. The molecule has 1 N–H and O–H groups in total. The maximum atomic E-state index is 12.0. The minimum Gasteiger partial charge on any atom is -0.322 e. The van der Waals surface area contributed by atoms with Gasteiger partial charge in [0.25, 0.3) is 5.91 Å². The highest BCUT2D eigenvalue weighted by Crippen LogP contribution is 2.22. The first-order valence-corrected chi connectivity index (χ1v) is 7.16. The van der Waals surface area contributed by atoms with E-state index in [0.29, 0.717) is 10.2 Å². The summed E-state index contributed by atoms with van der Waals surface area (Å²) in [5.74, 6) is -0.177. The molecule has 0 fully saturated rings. The van der Waals surface area contributed by atoms with Crippen molar-refractivity contribution >= 4 is 49.1 Å². The van der Waals surface area contributed by atoms with E-state index in [9.17, 15) is 4.79 Å². The van der Waals surface area contributed by atoms with E-state index in [-0.39, 0.29) is 5.91 Å². The fourth-order valence-corrected chi connectivity index (χ4v) is 2.60. The minimum absolute atomic E-state index is 0.177. The number of rotatable bonds is 2. The van der Waals surface area contributed by atoms with Gasteiger partial charge in [0.05, 0.1) is 21.3 Å². The number of benzene rings is 1. The van der Waals surface area contributed by atoms with Crippen LogP contribution in [-0.4, -0.2) is 15.9 Å². The van der Waals surface area contributed by atoms with Gasteiger partial charge in [-0.15, -0.1) is 11.3 Å². The molecule has 0 bridgehead atoms. The van der Waals surface area contributed by atoms with Crippen molar-refractivity contribution in [2.24, 2.45) is 0 Å². The summed E-state index contributed by atoms with van der Waals surface area (Å²) in [7, 11) is 0. The van der Waals surface area contributed by atoms with E-state index in [1.165, 1.54) is 6.20 Å². The lowest BCUT2D eigenvalue weighted by Gasteiger charge is -2.04. The van der Waals surface area contributed by atoms with Crippen molar-refractivity contribution in [2.45, 2.75) is 0 Å². The van der Waals surface area contributed by atoms with Crippen LogP contribution in [0.2, 0.25) is 0 Å². The van der Waals surface area contributed by atoms with Gasteiger partial charge >= 0.3 is 0 Å². The van der Waals surface area contributed by atoms with Gasteiger partial charge in [-0.2, -0.15) is 0 Å². The summed E-state index contributed by atoms with van der Waals surface area (Å²) in [6, 6.07) is 9.10. The Hall–Kier alpha value is -1.79. The fourth-order valence-electron chi connectivity index (χ4n) is 1.65. The summed E-state index contributed by atoms with van der Waals surface area (Å²) < 4.78 is 1.75. The van der Waals surface area contributed by atoms with E-state index in [1.807, 2.05) is 18.2 Å². The van der Waals surface area contributed by atoms with Crippen LogP contribution in [0.3, 0.4) is 0 Å². The third-order valence-corrected chi connectivity index (χ3v) is 3.84. The quantitative estimate of drug-likeness (QED) is 0.727. The van der Waals surface area contributed by atoms with Crippen LogP contribution < -0.4 is 5.32 Å². The third-order valence-electron chi connectivity index (χ3n) is 2.58. The molecular weight excluding hydrogens is 326 g/mol. The maximum Gasteiger partial charge on any atom is 0.257 e. The highest BCUT2D eigenvalue weighted by atomic mass is 79.9. The highest BCUT2D eigenvalue weighted by molar-refractivity contribution is 9.10. The summed E-state index contributed by atoms with van der Waals surface area (Å²) >= 11 is 4.78. The average molecular weight is 334 g/mol. The van der Waals surface area contributed by atoms with Gasteiger partial charge in [0.15, 0.2) is 0 Å². The number of anilines is 1. The van der Waals surface area contributed by atoms with E-state index in [1.54, 1.807) is 29.0 Å². The van der Waals surface area contributed by atoms with Crippen molar-refractivity contribution in [1.29, 1.82) is 0 Å². The molecule has 2 aromatic heterocycles. The Balaban J connectivity index is 1.83. The number of hydrogen-bond donors (Lipinski definition) is 1. The van der Waals surface area contributed by atoms with Crippen molar-refractivity contribution in [3.8, 4) is 0 Å². The monoisotopic (exact) mass is 333 g/mol. The zero-order valence-corrected chi connectivity index (χ0v) is 12.0. The van der Waals surface area contributed by atoms with E-state index >= 15 is 0 Å². The summed E-state index contributed by atoms with van der Waals surface area (Å²) in [6.45, 7) is 0. The number of aromatic nitrogens is 2. The summed E-state index contributed by atoms with van der Waals surface area (Å²) in [4.78, 5) is 20.2. The Morgan fingerprint density at radius 2 is 2.11 bits per heavy atom. The Kier molecular flexibility index (Phi) is 3.27. The number of hydrogen-bond acceptors (Lipinski definition) is 4. The van der Waals surface area contributed by atoms with E-state index in [4.69, 9.17) is 0 Å². The van der Waals surface area contributed by atoms with Crippen LogP contribution in [-0.2, 0) is 0 Å². The number of fused-ring (bicyclic) bond motifs is 1. The molecular formula is C13H8BrN3OS. The van der Waals surface area contributed by atoms with Gasteiger partial charge in [-0.3, -0.25) is 4.79 Å². The maximum absolute atomic E-state index is 12.0. The van der Waals surface area contributed by atoms with Gasteiger partial charge in [-0.1, -0.05) is 0 Å². The second-order valence-corrected chi connectivity index (χ2v) is 5.56. The fraction of sp³-hybridized carbons (Fsp3) is 0. The number of thiazole rings is 1. The second kappa shape index (κ2) is 5.07. The molecule has 1 amide bonds. The standard InChI is InChI=1S/C13H8BrN3OS/c14-12-4-1-8(6-15-12)13(18)17-9-2-3-10-11(5-9)19-7-16-10/h1-7H,(H,17,18).